The SMILES string of the molecule is [2H]c1c([2H])c(-c2cccc(Br)c2N)c([2H])c(C(C)(C)C)c1[2H]. The maximum absolute atomic E-state index is 8.49. The highest BCUT2D eigenvalue weighted by Crippen LogP contribution is 2.33. The molecule has 2 heteroatoms. The molecule has 0 heterocycles. The van der Waals surface area contributed by atoms with Crippen LogP contribution in [0.2, 0.25) is 0 Å². The Balaban J connectivity index is 2.94. The number of hydrogen-bond acceptors (Lipinski definition) is 1. The highest BCUT2D eigenvalue weighted by molar-refractivity contribution is 9.10. The molecule has 0 saturated carbocycles. The lowest BCUT2D eigenvalue weighted by atomic mass is 9.85. The van der Waals surface area contributed by atoms with Crippen LogP contribution in [0.25, 0.3) is 11.1 Å². The number of anilines is 1. The maximum atomic E-state index is 8.49. The van der Waals surface area contributed by atoms with Crippen LogP contribution in [0.15, 0.2) is 46.8 Å². The molecule has 0 aliphatic rings. The van der Waals surface area contributed by atoms with E-state index in [2.05, 4.69) is 15.9 Å². The monoisotopic (exact) mass is 307 g/mol. The summed E-state index contributed by atoms with van der Waals surface area (Å²) < 4.78 is 33.5. The van der Waals surface area contributed by atoms with Gasteiger partial charge in [-0.05, 0) is 38.5 Å². The number of benzene rings is 2. The van der Waals surface area contributed by atoms with Gasteiger partial charge in [-0.25, -0.2) is 0 Å². The predicted octanol–water partition coefficient (Wildman–Crippen LogP) is 5.00. The smallest absolute Gasteiger partial charge is 0.0632 e. The summed E-state index contributed by atoms with van der Waals surface area (Å²) in [4.78, 5) is 0. The van der Waals surface area contributed by atoms with Gasteiger partial charge in [0.25, 0.3) is 0 Å². The first-order valence-electron chi connectivity index (χ1n) is 7.72. The third-order valence-corrected chi connectivity index (χ3v) is 3.39. The largest absolute Gasteiger partial charge is 0.397 e. The summed E-state index contributed by atoms with van der Waals surface area (Å²) in [7, 11) is 0. The van der Waals surface area contributed by atoms with Crippen molar-refractivity contribution < 1.29 is 5.48 Å². The molecule has 2 N–H and O–H groups in total. The van der Waals surface area contributed by atoms with E-state index in [1.54, 1.807) is 18.2 Å². The normalized spacial score (nSPS) is 14.7. The van der Waals surface area contributed by atoms with E-state index < -0.39 is 5.41 Å². The fourth-order valence-corrected chi connectivity index (χ4v) is 1.97. The first-order valence-corrected chi connectivity index (χ1v) is 6.51. The third kappa shape index (κ3) is 2.59. The maximum Gasteiger partial charge on any atom is 0.0632 e. The topological polar surface area (TPSA) is 26.0 Å². The first-order chi connectivity index (χ1) is 10.1. The Bertz CT molecular complexity index is 751. The average Bonchev–Trinajstić information content (AvgIpc) is 2.39. The van der Waals surface area contributed by atoms with Gasteiger partial charge in [0.2, 0.25) is 0 Å². The van der Waals surface area contributed by atoms with Crippen molar-refractivity contribution in [2.75, 3.05) is 5.73 Å². The molecule has 0 radical (unpaired) electrons. The molecule has 18 heavy (non-hydrogen) atoms. The molecule has 0 aliphatic carbocycles. The summed E-state index contributed by atoms with van der Waals surface area (Å²) in [6, 6.07) is 5.05. The highest BCUT2D eigenvalue weighted by atomic mass is 79.9. The number of rotatable bonds is 1. The lowest BCUT2D eigenvalue weighted by molar-refractivity contribution is 0.590. The Morgan fingerprint density at radius 2 is 1.94 bits per heavy atom. The van der Waals surface area contributed by atoms with Crippen molar-refractivity contribution in [2.45, 2.75) is 26.2 Å². The zero-order valence-corrected chi connectivity index (χ0v) is 12.3. The van der Waals surface area contributed by atoms with E-state index in [0.717, 1.165) is 0 Å². The Morgan fingerprint density at radius 3 is 2.61 bits per heavy atom. The molecule has 0 saturated heterocycles. The van der Waals surface area contributed by atoms with Gasteiger partial charge in [-0.3, -0.25) is 0 Å². The summed E-state index contributed by atoms with van der Waals surface area (Å²) in [6.07, 6.45) is 0. The van der Waals surface area contributed by atoms with Crippen LogP contribution in [-0.4, -0.2) is 0 Å². The van der Waals surface area contributed by atoms with E-state index in [1.165, 1.54) is 0 Å². The fraction of sp³-hybridized carbons (Fsp3) is 0.250. The Kier molecular flexibility index (Phi) is 2.32. The summed E-state index contributed by atoms with van der Waals surface area (Å²) in [5.74, 6) is 0. The van der Waals surface area contributed by atoms with Gasteiger partial charge in [0.05, 0.1) is 11.2 Å². The lowest BCUT2D eigenvalue weighted by Gasteiger charge is -2.20. The molecule has 0 fully saturated rings. The van der Waals surface area contributed by atoms with E-state index >= 15 is 0 Å². The molecule has 2 aromatic rings. The van der Waals surface area contributed by atoms with Gasteiger partial charge < -0.3 is 5.73 Å². The Morgan fingerprint density at radius 1 is 1.22 bits per heavy atom. The molecule has 0 atom stereocenters. The minimum absolute atomic E-state index is 0.0557. The second-order valence-corrected chi connectivity index (χ2v) is 6.06. The van der Waals surface area contributed by atoms with Crippen molar-refractivity contribution in [3.63, 3.8) is 0 Å². The van der Waals surface area contributed by atoms with Gasteiger partial charge in [-0.2, -0.15) is 0 Å². The summed E-state index contributed by atoms with van der Waals surface area (Å²) in [5.41, 5.74) is 7.36. The number of nitrogens with two attached hydrogens (primary N) is 1. The van der Waals surface area contributed by atoms with Crippen LogP contribution in [0.5, 0.6) is 0 Å². The van der Waals surface area contributed by atoms with Crippen LogP contribution in [0, 0.1) is 0 Å². The molecule has 0 bridgehead atoms. The quantitative estimate of drug-likeness (QED) is 0.737. The van der Waals surface area contributed by atoms with E-state index in [-0.39, 0.29) is 24.2 Å². The zero-order valence-electron chi connectivity index (χ0n) is 14.7. The molecule has 2 aromatic carbocycles. The second-order valence-electron chi connectivity index (χ2n) is 5.20. The third-order valence-electron chi connectivity index (χ3n) is 2.70. The van der Waals surface area contributed by atoms with Crippen molar-refractivity contribution in [1.82, 2.24) is 0 Å². The molecule has 0 aromatic heterocycles. The second kappa shape index (κ2) is 4.77. The van der Waals surface area contributed by atoms with Crippen molar-refractivity contribution in [3.8, 4) is 11.1 Å². The molecule has 0 spiro atoms. The van der Waals surface area contributed by atoms with Gasteiger partial charge in [0.15, 0.2) is 0 Å². The van der Waals surface area contributed by atoms with Gasteiger partial charge in [-0.15, -0.1) is 0 Å². The molecular formula is C16H18BrN. The van der Waals surface area contributed by atoms with Crippen molar-refractivity contribution in [1.29, 1.82) is 0 Å². The minimum atomic E-state index is -0.465. The van der Waals surface area contributed by atoms with Gasteiger partial charge in [0.1, 0.15) is 0 Å². The van der Waals surface area contributed by atoms with E-state index in [4.69, 9.17) is 11.2 Å². The molecule has 1 nitrogen and oxygen atoms in total. The van der Waals surface area contributed by atoms with Gasteiger partial charge in [0, 0.05) is 10.0 Å². The molecule has 2 rings (SSSR count). The first kappa shape index (κ1) is 8.76. The number of para-hydroxylation sites is 1. The zero-order chi connectivity index (χ0) is 16.8. The number of hydrogen-bond donors (Lipinski definition) is 1. The number of nitrogen functional groups attached to an aromatic ring is 1. The van der Waals surface area contributed by atoms with E-state index in [1.807, 2.05) is 20.8 Å². The molecule has 0 amide bonds. The summed E-state index contributed by atoms with van der Waals surface area (Å²) in [5, 5.41) is 0. The summed E-state index contributed by atoms with van der Waals surface area (Å²) >= 11 is 3.35. The van der Waals surface area contributed by atoms with Crippen LogP contribution in [0.4, 0.5) is 5.69 Å². The molecular weight excluding hydrogens is 286 g/mol. The van der Waals surface area contributed by atoms with Gasteiger partial charge in [-0.1, -0.05) is 57.1 Å². The fourth-order valence-electron chi connectivity index (χ4n) is 1.61. The number of halogens is 1. The molecule has 0 aliphatic heterocycles. The van der Waals surface area contributed by atoms with Crippen LogP contribution in [0.3, 0.4) is 0 Å². The van der Waals surface area contributed by atoms with Crippen LogP contribution in [-0.2, 0) is 5.41 Å². The standard InChI is InChI=1S/C16H18BrN/c1-16(2,3)12-7-4-6-11(10-12)13-8-5-9-14(17)15(13)18/h4-10H,18H2,1-3H3/i4D,6D,7D,10D. The van der Waals surface area contributed by atoms with Crippen molar-refractivity contribution >= 4 is 21.6 Å². The molecule has 94 valence electrons. The Hall–Kier alpha value is -1.28. The van der Waals surface area contributed by atoms with E-state index in [9.17, 15) is 0 Å². The van der Waals surface area contributed by atoms with Crippen LogP contribution < -0.4 is 5.73 Å². The van der Waals surface area contributed by atoms with E-state index in [0.29, 0.717) is 26.9 Å². The van der Waals surface area contributed by atoms with Crippen LogP contribution >= 0.6 is 15.9 Å². The minimum Gasteiger partial charge on any atom is -0.397 e. The average molecular weight is 308 g/mol. The van der Waals surface area contributed by atoms with Crippen molar-refractivity contribution in [2.24, 2.45) is 0 Å². The predicted molar refractivity (Wildman–Crippen MR) is 82.7 cm³/mol. The van der Waals surface area contributed by atoms with Crippen molar-refractivity contribution in [3.05, 3.63) is 52.4 Å². The molecule has 0 unspecified atom stereocenters. The van der Waals surface area contributed by atoms with Crippen LogP contribution in [0.1, 0.15) is 31.8 Å². The Labute approximate surface area is 123 Å². The lowest BCUT2D eigenvalue weighted by Crippen LogP contribution is -2.10. The summed E-state index contributed by atoms with van der Waals surface area (Å²) in [6.45, 7) is 5.69. The van der Waals surface area contributed by atoms with Gasteiger partial charge >= 0.3 is 0 Å². The highest BCUT2D eigenvalue weighted by Gasteiger charge is 2.14.